The highest BCUT2D eigenvalue weighted by Gasteiger charge is 2.06. The zero-order valence-electron chi connectivity index (χ0n) is 8.53. The number of halogens is 1. The van der Waals surface area contributed by atoms with Crippen LogP contribution in [0.2, 0.25) is 0 Å². The predicted molar refractivity (Wildman–Crippen MR) is 62.0 cm³/mol. The Hall–Kier alpha value is -0.200. The first kappa shape index (κ1) is 11.9. The Bertz CT molecular complexity index is 279. The molecule has 0 unspecified atom stereocenters. The van der Waals surface area contributed by atoms with E-state index in [-0.39, 0.29) is 6.10 Å². The fourth-order valence-electron chi connectivity index (χ4n) is 0.873. The fraction of sp³-hybridized carbons (Fsp3) is 0.750. The van der Waals surface area contributed by atoms with Gasteiger partial charge in [0.1, 0.15) is 0 Å². The van der Waals surface area contributed by atoms with Crippen molar-refractivity contribution in [1.29, 1.82) is 0 Å². The largest absolute Gasteiger partial charge is 0.377 e. The van der Waals surface area contributed by atoms with Crippen LogP contribution in [0, 0.1) is 0 Å². The number of aromatic nitrogens is 2. The number of anilines is 1. The zero-order valence-corrected chi connectivity index (χ0v) is 10.9. The first-order chi connectivity index (χ1) is 6.59. The van der Waals surface area contributed by atoms with Gasteiger partial charge in [0.15, 0.2) is 3.92 Å². The molecule has 0 bridgehead atoms. The molecule has 0 saturated heterocycles. The van der Waals surface area contributed by atoms with Crippen molar-refractivity contribution in [2.45, 2.75) is 20.0 Å². The lowest BCUT2D eigenvalue weighted by atomic mass is 10.5. The van der Waals surface area contributed by atoms with Crippen LogP contribution < -0.4 is 4.90 Å². The maximum atomic E-state index is 5.44. The molecule has 0 aliphatic heterocycles. The van der Waals surface area contributed by atoms with Crippen molar-refractivity contribution in [3.63, 3.8) is 0 Å². The molecule has 1 aromatic heterocycles. The van der Waals surface area contributed by atoms with Crippen molar-refractivity contribution in [3.05, 3.63) is 3.92 Å². The van der Waals surface area contributed by atoms with Gasteiger partial charge in [0.05, 0.1) is 12.7 Å². The van der Waals surface area contributed by atoms with Crippen LogP contribution in [0.15, 0.2) is 3.92 Å². The van der Waals surface area contributed by atoms with Crippen LogP contribution in [-0.2, 0) is 4.74 Å². The van der Waals surface area contributed by atoms with Gasteiger partial charge in [-0.15, -0.1) is 10.2 Å². The first-order valence-corrected chi connectivity index (χ1v) is 6.02. The van der Waals surface area contributed by atoms with E-state index in [4.69, 9.17) is 4.74 Å². The zero-order chi connectivity index (χ0) is 10.6. The maximum Gasteiger partial charge on any atom is 0.208 e. The van der Waals surface area contributed by atoms with Crippen molar-refractivity contribution in [2.24, 2.45) is 0 Å². The van der Waals surface area contributed by atoms with Crippen LogP contribution in [0.5, 0.6) is 0 Å². The van der Waals surface area contributed by atoms with Crippen molar-refractivity contribution >= 4 is 32.4 Å². The highest BCUT2D eigenvalue weighted by molar-refractivity contribution is 9.11. The van der Waals surface area contributed by atoms with Crippen LogP contribution in [0.3, 0.4) is 0 Å². The highest BCUT2D eigenvalue weighted by Crippen LogP contribution is 2.22. The van der Waals surface area contributed by atoms with Gasteiger partial charge in [-0.05, 0) is 29.8 Å². The lowest BCUT2D eigenvalue weighted by Gasteiger charge is -2.15. The molecule has 0 amide bonds. The molecule has 14 heavy (non-hydrogen) atoms. The van der Waals surface area contributed by atoms with Crippen LogP contribution in [0.1, 0.15) is 13.8 Å². The number of hydrogen-bond acceptors (Lipinski definition) is 5. The van der Waals surface area contributed by atoms with Crippen LogP contribution in [0.25, 0.3) is 0 Å². The highest BCUT2D eigenvalue weighted by atomic mass is 79.9. The molecule has 0 radical (unpaired) electrons. The smallest absolute Gasteiger partial charge is 0.208 e. The Morgan fingerprint density at radius 3 is 2.71 bits per heavy atom. The van der Waals surface area contributed by atoms with E-state index in [1.165, 1.54) is 11.3 Å². The van der Waals surface area contributed by atoms with Crippen molar-refractivity contribution in [1.82, 2.24) is 10.2 Å². The Balaban J connectivity index is 2.32. The lowest BCUT2D eigenvalue weighted by molar-refractivity contribution is 0.0846. The number of hydrogen-bond donors (Lipinski definition) is 0. The van der Waals surface area contributed by atoms with E-state index in [0.29, 0.717) is 6.61 Å². The molecule has 0 saturated carbocycles. The van der Waals surface area contributed by atoms with E-state index < -0.39 is 0 Å². The lowest BCUT2D eigenvalue weighted by Crippen LogP contribution is -2.23. The topological polar surface area (TPSA) is 38.2 Å². The van der Waals surface area contributed by atoms with Gasteiger partial charge in [-0.1, -0.05) is 11.3 Å². The normalized spacial score (nSPS) is 10.9. The quantitative estimate of drug-likeness (QED) is 0.828. The Morgan fingerprint density at radius 1 is 1.50 bits per heavy atom. The molecule has 0 spiro atoms. The number of ether oxygens (including phenoxy) is 1. The van der Waals surface area contributed by atoms with E-state index in [0.717, 1.165) is 15.6 Å². The molecule has 0 aromatic carbocycles. The van der Waals surface area contributed by atoms with Gasteiger partial charge >= 0.3 is 0 Å². The van der Waals surface area contributed by atoms with E-state index in [2.05, 4.69) is 26.1 Å². The summed E-state index contributed by atoms with van der Waals surface area (Å²) in [5.74, 6) is 0. The number of rotatable bonds is 5. The average Bonchev–Trinajstić information content (AvgIpc) is 2.51. The molecule has 1 aromatic rings. The molecule has 80 valence electrons. The minimum Gasteiger partial charge on any atom is -0.377 e. The minimum atomic E-state index is 0.282. The summed E-state index contributed by atoms with van der Waals surface area (Å²) >= 11 is 4.80. The van der Waals surface area contributed by atoms with Gasteiger partial charge in [0.25, 0.3) is 0 Å². The Kier molecular flexibility index (Phi) is 4.77. The van der Waals surface area contributed by atoms with Gasteiger partial charge < -0.3 is 9.64 Å². The third kappa shape index (κ3) is 3.89. The third-order valence-corrected chi connectivity index (χ3v) is 3.06. The van der Waals surface area contributed by atoms with Crippen LogP contribution in [0.4, 0.5) is 5.13 Å². The molecule has 0 atom stereocenters. The molecule has 1 rings (SSSR count). The standard InChI is InChI=1S/C8H14BrN3OS/c1-6(2)13-5-4-12(3)8-11-10-7(9)14-8/h6H,4-5H2,1-3H3. The summed E-state index contributed by atoms with van der Waals surface area (Å²) in [7, 11) is 1.98. The maximum absolute atomic E-state index is 5.44. The monoisotopic (exact) mass is 279 g/mol. The van der Waals surface area contributed by atoms with Gasteiger partial charge in [0.2, 0.25) is 5.13 Å². The van der Waals surface area contributed by atoms with Crippen molar-refractivity contribution in [3.8, 4) is 0 Å². The van der Waals surface area contributed by atoms with Crippen molar-refractivity contribution < 1.29 is 4.74 Å². The van der Waals surface area contributed by atoms with Crippen LogP contribution >= 0.6 is 27.3 Å². The molecule has 4 nitrogen and oxygen atoms in total. The molecular formula is C8H14BrN3OS. The molecule has 0 aliphatic rings. The fourth-order valence-corrected chi connectivity index (χ4v) is 1.95. The molecule has 0 N–H and O–H groups in total. The third-order valence-electron chi connectivity index (χ3n) is 1.59. The summed E-state index contributed by atoms with van der Waals surface area (Å²) in [4.78, 5) is 2.03. The van der Waals surface area contributed by atoms with Crippen molar-refractivity contribution in [2.75, 3.05) is 25.1 Å². The summed E-state index contributed by atoms with van der Waals surface area (Å²) < 4.78 is 6.25. The first-order valence-electron chi connectivity index (χ1n) is 4.41. The Labute approximate surface area is 96.4 Å². The summed E-state index contributed by atoms with van der Waals surface area (Å²) in [6.45, 7) is 5.61. The SMILES string of the molecule is CC(C)OCCN(C)c1nnc(Br)s1. The van der Waals surface area contributed by atoms with Gasteiger partial charge in [0, 0.05) is 13.6 Å². The summed E-state index contributed by atoms with van der Waals surface area (Å²) in [5.41, 5.74) is 0. The average molecular weight is 280 g/mol. The summed E-state index contributed by atoms with van der Waals surface area (Å²) in [5, 5.41) is 8.80. The second-order valence-corrected chi connectivity index (χ2v) is 5.41. The van der Waals surface area contributed by atoms with E-state index in [1.54, 1.807) is 0 Å². The predicted octanol–water partition coefficient (Wildman–Crippen LogP) is 2.16. The molecular weight excluding hydrogens is 266 g/mol. The molecule has 6 heteroatoms. The van der Waals surface area contributed by atoms with E-state index in [1.807, 2.05) is 25.8 Å². The minimum absolute atomic E-state index is 0.282. The van der Waals surface area contributed by atoms with Crippen LogP contribution in [-0.4, -0.2) is 36.5 Å². The van der Waals surface area contributed by atoms with E-state index >= 15 is 0 Å². The number of likely N-dealkylation sites (N-methyl/N-ethyl adjacent to an activating group) is 1. The molecule has 1 heterocycles. The van der Waals surface area contributed by atoms with Gasteiger partial charge in [-0.2, -0.15) is 0 Å². The molecule has 0 aliphatic carbocycles. The number of nitrogens with zero attached hydrogens (tertiary/aromatic N) is 3. The summed E-state index contributed by atoms with van der Waals surface area (Å²) in [6, 6.07) is 0. The van der Waals surface area contributed by atoms with Gasteiger partial charge in [-0.3, -0.25) is 0 Å². The Morgan fingerprint density at radius 2 is 2.21 bits per heavy atom. The summed E-state index contributed by atoms with van der Waals surface area (Å²) in [6.07, 6.45) is 0.282. The van der Waals surface area contributed by atoms with E-state index in [9.17, 15) is 0 Å². The second-order valence-electron chi connectivity index (χ2n) is 3.18. The second kappa shape index (κ2) is 5.63. The van der Waals surface area contributed by atoms with Gasteiger partial charge in [-0.25, -0.2) is 0 Å². The molecule has 0 fully saturated rings.